The van der Waals surface area contributed by atoms with Gasteiger partial charge in [0.15, 0.2) is 9.84 Å². The third-order valence-corrected chi connectivity index (χ3v) is 6.73. The van der Waals surface area contributed by atoms with Crippen molar-refractivity contribution in [1.29, 1.82) is 5.26 Å². The van der Waals surface area contributed by atoms with Crippen LogP contribution in [0.25, 0.3) is 0 Å². The molecule has 0 aromatic heterocycles. The van der Waals surface area contributed by atoms with Crippen molar-refractivity contribution in [1.82, 2.24) is 0 Å². The highest BCUT2D eigenvalue weighted by molar-refractivity contribution is 7.93. The monoisotopic (exact) mass is 291 g/mol. The van der Waals surface area contributed by atoms with Gasteiger partial charge in [0.1, 0.15) is 5.82 Å². The van der Waals surface area contributed by atoms with Gasteiger partial charge in [0, 0.05) is 0 Å². The van der Waals surface area contributed by atoms with Gasteiger partial charge in [-0.25, -0.2) is 12.8 Å². The van der Waals surface area contributed by atoms with E-state index >= 15 is 0 Å². The van der Waals surface area contributed by atoms with Gasteiger partial charge in [-0.1, -0.05) is 17.7 Å². The zero-order chi connectivity index (χ0) is 14.3. The average molecular weight is 291 g/mol. The minimum Gasteiger partial charge on any atom is -0.228 e. The smallest absolute Gasteiger partial charge is 0.159 e. The summed E-state index contributed by atoms with van der Waals surface area (Å²) in [6, 6.07) is 6.17. The Balaban J connectivity index is 1.89. The molecule has 1 aromatic carbocycles. The molecule has 2 atom stereocenters. The largest absolute Gasteiger partial charge is 0.228 e. The molecule has 0 spiro atoms. The van der Waals surface area contributed by atoms with Crippen molar-refractivity contribution >= 4 is 9.84 Å². The highest BCUT2D eigenvalue weighted by Gasteiger charge is 2.42. The summed E-state index contributed by atoms with van der Waals surface area (Å²) in [7, 11) is -2.98. The summed E-state index contributed by atoms with van der Waals surface area (Å²) < 4.78 is 37.1. The summed E-state index contributed by atoms with van der Waals surface area (Å²) in [6.45, 7) is 0. The van der Waals surface area contributed by atoms with Crippen molar-refractivity contribution in [2.75, 3.05) is 0 Å². The molecule has 5 heteroatoms. The van der Waals surface area contributed by atoms with E-state index in [1.54, 1.807) is 6.07 Å². The molecule has 0 saturated carbocycles. The lowest BCUT2D eigenvalue weighted by atomic mass is 9.97. The van der Waals surface area contributed by atoms with E-state index in [-0.39, 0.29) is 10.5 Å². The second-order valence-electron chi connectivity index (χ2n) is 5.45. The highest BCUT2D eigenvalue weighted by atomic mass is 32.2. The van der Waals surface area contributed by atoms with Gasteiger partial charge in [0.25, 0.3) is 0 Å². The Hall–Kier alpha value is -1.67. The van der Waals surface area contributed by atoms with Gasteiger partial charge >= 0.3 is 0 Å². The Bertz CT molecular complexity index is 731. The van der Waals surface area contributed by atoms with E-state index < -0.39 is 15.7 Å². The number of halogens is 1. The molecule has 2 aliphatic heterocycles. The van der Waals surface area contributed by atoms with E-state index in [9.17, 15) is 12.8 Å². The maximum Gasteiger partial charge on any atom is 0.159 e. The lowest BCUT2D eigenvalue weighted by Gasteiger charge is -2.20. The SMILES string of the molecule is N#Cc1cc(F)ccc1CC1=CC2CCC(C1)S2(=O)=O. The summed E-state index contributed by atoms with van der Waals surface area (Å²) >= 11 is 0. The van der Waals surface area contributed by atoms with Crippen LogP contribution in [0.4, 0.5) is 4.39 Å². The van der Waals surface area contributed by atoms with Crippen LogP contribution in [-0.4, -0.2) is 18.9 Å². The number of benzene rings is 1. The molecular formula is C15H14FNO2S. The minimum absolute atomic E-state index is 0.265. The highest BCUT2D eigenvalue weighted by Crippen LogP contribution is 2.38. The van der Waals surface area contributed by atoms with Crippen molar-refractivity contribution in [3.63, 3.8) is 0 Å². The van der Waals surface area contributed by atoms with Gasteiger partial charge in [-0.3, -0.25) is 0 Å². The second-order valence-corrected chi connectivity index (χ2v) is 7.90. The minimum atomic E-state index is -2.98. The predicted octanol–water partition coefficient (Wildman–Crippen LogP) is 2.52. The number of nitrogens with zero attached hydrogens (tertiary/aromatic N) is 1. The van der Waals surface area contributed by atoms with Crippen molar-refractivity contribution in [2.45, 2.75) is 36.2 Å². The number of hydrogen-bond acceptors (Lipinski definition) is 3. The molecule has 0 N–H and O–H groups in total. The first kappa shape index (κ1) is 13.3. The van der Waals surface area contributed by atoms with E-state index in [0.29, 0.717) is 24.8 Å². The molecule has 20 heavy (non-hydrogen) atoms. The van der Waals surface area contributed by atoms with E-state index in [4.69, 9.17) is 5.26 Å². The fraction of sp³-hybridized carbons (Fsp3) is 0.400. The molecule has 2 unspecified atom stereocenters. The second kappa shape index (κ2) is 4.71. The Morgan fingerprint density at radius 3 is 2.85 bits per heavy atom. The Labute approximate surface area is 117 Å². The molecule has 3 rings (SSSR count). The van der Waals surface area contributed by atoms with Crippen molar-refractivity contribution in [3.05, 3.63) is 46.8 Å². The van der Waals surface area contributed by atoms with Gasteiger partial charge in [-0.2, -0.15) is 5.26 Å². The fourth-order valence-electron chi connectivity index (χ4n) is 3.13. The van der Waals surface area contributed by atoms with Gasteiger partial charge in [-0.15, -0.1) is 0 Å². The molecule has 2 aliphatic rings. The van der Waals surface area contributed by atoms with Crippen LogP contribution in [0.15, 0.2) is 29.8 Å². The zero-order valence-electron chi connectivity index (χ0n) is 10.8. The molecule has 0 aliphatic carbocycles. The van der Waals surface area contributed by atoms with E-state index in [0.717, 1.165) is 17.6 Å². The summed E-state index contributed by atoms with van der Waals surface area (Å²) in [5.74, 6) is -0.425. The number of rotatable bonds is 2. The van der Waals surface area contributed by atoms with Crippen LogP contribution in [0.2, 0.25) is 0 Å². The Kier molecular flexibility index (Phi) is 3.14. The number of fused-ring (bicyclic) bond motifs is 2. The maximum atomic E-state index is 13.1. The summed E-state index contributed by atoms with van der Waals surface area (Å²) in [4.78, 5) is 0. The quantitative estimate of drug-likeness (QED) is 0.787. The molecule has 1 saturated heterocycles. The van der Waals surface area contributed by atoms with Crippen LogP contribution in [0.5, 0.6) is 0 Å². The summed E-state index contributed by atoms with van der Waals surface area (Å²) in [5, 5.41) is 8.42. The molecule has 104 valence electrons. The van der Waals surface area contributed by atoms with Crippen molar-refractivity contribution in [2.24, 2.45) is 0 Å². The first-order valence-electron chi connectivity index (χ1n) is 6.61. The third kappa shape index (κ3) is 2.14. The maximum absolute atomic E-state index is 13.1. The summed E-state index contributed by atoms with van der Waals surface area (Å²) in [5.41, 5.74) is 2.14. The lowest BCUT2D eigenvalue weighted by Crippen LogP contribution is -2.27. The standard InChI is InChI=1S/C15H14FNO2S/c16-13-2-1-11(12(8-13)9-17)5-10-6-14-3-4-15(7-10)20(14,18)19/h1-2,6,8,14-15H,3-5,7H2. The molecule has 3 nitrogen and oxygen atoms in total. The average Bonchev–Trinajstić information content (AvgIpc) is 2.60. The molecule has 2 bridgehead atoms. The van der Waals surface area contributed by atoms with Crippen LogP contribution in [0.1, 0.15) is 30.4 Å². The van der Waals surface area contributed by atoms with E-state index in [1.807, 2.05) is 12.1 Å². The van der Waals surface area contributed by atoms with E-state index in [2.05, 4.69) is 0 Å². The van der Waals surface area contributed by atoms with Crippen LogP contribution in [0, 0.1) is 17.1 Å². The first-order valence-corrected chi connectivity index (χ1v) is 8.22. The van der Waals surface area contributed by atoms with Gasteiger partial charge in [-0.05, 0) is 43.4 Å². The summed E-state index contributed by atoms with van der Waals surface area (Å²) in [6.07, 6.45) is 4.34. The van der Waals surface area contributed by atoms with Crippen LogP contribution in [0.3, 0.4) is 0 Å². The number of allylic oxidation sites excluding steroid dienone is 1. The normalized spacial score (nSPS) is 26.9. The molecule has 1 fully saturated rings. The molecule has 0 amide bonds. The molecule has 0 radical (unpaired) electrons. The van der Waals surface area contributed by atoms with Crippen LogP contribution < -0.4 is 0 Å². The van der Waals surface area contributed by atoms with E-state index in [1.165, 1.54) is 12.1 Å². The molecular weight excluding hydrogens is 277 g/mol. The fourth-order valence-corrected chi connectivity index (χ4v) is 5.38. The van der Waals surface area contributed by atoms with Crippen LogP contribution in [-0.2, 0) is 16.3 Å². The van der Waals surface area contributed by atoms with Gasteiger partial charge in [0.05, 0.1) is 22.1 Å². The zero-order valence-corrected chi connectivity index (χ0v) is 11.7. The molecule has 1 aromatic rings. The predicted molar refractivity (Wildman–Crippen MR) is 73.2 cm³/mol. The molecule has 2 heterocycles. The number of hydrogen-bond donors (Lipinski definition) is 0. The van der Waals surface area contributed by atoms with Crippen LogP contribution >= 0.6 is 0 Å². The Morgan fingerprint density at radius 1 is 1.35 bits per heavy atom. The van der Waals surface area contributed by atoms with Crippen molar-refractivity contribution < 1.29 is 12.8 Å². The number of nitriles is 1. The van der Waals surface area contributed by atoms with Crippen molar-refractivity contribution in [3.8, 4) is 6.07 Å². The van der Waals surface area contributed by atoms with Gasteiger partial charge in [0.2, 0.25) is 0 Å². The number of sulfone groups is 1. The van der Waals surface area contributed by atoms with Gasteiger partial charge < -0.3 is 0 Å². The topological polar surface area (TPSA) is 57.9 Å². The third-order valence-electron chi connectivity index (χ3n) is 4.18. The lowest BCUT2D eigenvalue weighted by molar-refractivity contribution is 0.581. The first-order chi connectivity index (χ1) is 9.50. The Morgan fingerprint density at radius 2 is 2.15 bits per heavy atom.